The first-order valence-corrected chi connectivity index (χ1v) is 13.7. The molecule has 2 aromatic carbocycles. The van der Waals surface area contributed by atoms with Crippen molar-refractivity contribution in [1.82, 2.24) is 31.2 Å². The number of carbonyl (C=O) groups excluding carboxylic acids is 1. The van der Waals surface area contributed by atoms with E-state index in [1.807, 2.05) is 30.3 Å². The second-order valence-electron chi connectivity index (χ2n) is 8.36. The third-order valence-electron chi connectivity index (χ3n) is 5.81. The number of amidine groups is 1. The maximum atomic E-state index is 12.9. The van der Waals surface area contributed by atoms with Gasteiger partial charge in [-0.05, 0) is 23.3 Å². The highest BCUT2D eigenvalue weighted by molar-refractivity contribution is 7.91. The molecule has 0 fully saturated rings. The van der Waals surface area contributed by atoms with E-state index in [0.717, 1.165) is 16.0 Å². The molecule has 0 unspecified atom stereocenters. The average molecular weight is 558 g/mol. The van der Waals surface area contributed by atoms with Crippen molar-refractivity contribution in [3.63, 3.8) is 0 Å². The summed E-state index contributed by atoms with van der Waals surface area (Å²) in [5, 5.41) is 28.9. The van der Waals surface area contributed by atoms with E-state index in [4.69, 9.17) is 10.6 Å². The zero-order chi connectivity index (χ0) is 27.3. The number of benzene rings is 2. The van der Waals surface area contributed by atoms with Crippen molar-refractivity contribution in [2.24, 2.45) is 0 Å². The Bertz CT molecular complexity index is 1430. The lowest BCUT2D eigenvalue weighted by Gasteiger charge is -2.31. The van der Waals surface area contributed by atoms with Crippen LogP contribution in [-0.4, -0.2) is 60.3 Å². The van der Waals surface area contributed by atoms with Gasteiger partial charge in [0.15, 0.2) is 0 Å². The molecular formula is C24H27N7O5S2. The van der Waals surface area contributed by atoms with E-state index in [9.17, 15) is 18.4 Å². The van der Waals surface area contributed by atoms with Crippen LogP contribution < -0.4 is 21.1 Å². The summed E-state index contributed by atoms with van der Waals surface area (Å²) < 4.78 is 28.6. The quantitative estimate of drug-likeness (QED) is 0.0847. The lowest BCUT2D eigenvalue weighted by Crippen LogP contribution is -2.52. The van der Waals surface area contributed by atoms with Crippen molar-refractivity contribution in [3.05, 3.63) is 89.8 Å². The van der Waals surface area contributed by atoms with Crippen LogP contribution in [0.3, 0.4) is 0 Å². The predicted molar refractivity (Wildman–Crippen MR) is 141 cm³/mol. The Balaban J connectivity index is 1.45. The van der Waals surface area contributed by atoms with E-state index >= 15 is 0 Å². The third-order valence-corrected chi connectivity index (χ3v) is 8.84. The fourth-order valence-electron chi connectivity index (χ4n) is 3.87. The van der Waals surface area contributed by atoms with Crippen LogP contribution in [0.4, 0.5) is 0 Å². The van der Waals surface area contributed by atoms with Gasteiger partial charge in [-0.25, -0.2) is 18.6 Å². The van der Waals surface area contributed by atoms with E-state index < -0.39 is 22.0 Å². The van der Waals surface area contributed by atoms with Crippen LogP contribution in [0.1, 0.15) is 11.1 Å². The number of sulfonamides is 1. The lowest BCUT2D eigenvalue weighted by atomic mass is 10.0. The molecule has 0 aliphatic carbocycles. The highest BCUT2D eigenvalue weighted by Crippen LogP contribution is 2.30. The summed E-state index contributed by atoms with van der Waals surface area (Å²) in [6, 6.07) is 18.6. The average Bonchev–Trinajstić information content (AvgIpc) is 3.58. The highest BCUT2D eigenvalue weighted by Gasteiger charge is 2.31. The van der Waals surface area contributed by atoms with Gasteiger partial charge in [-0.2, -0.15) is 0 Å². The molecule has 200 valence electrons. The largest absolute Gasteiger partial charge is 0.303 e. The SMILES string of the molecule is CN1NC(CNS(=O)(=O)c2ccc(-c3ccccc3)s2)=CN1[C@@H](Cc1ccc(C(=N)NO)cc1)C(=O)NO. The van der Waals surface area contributed by atoms with E-state index in [-0.39, 0.29) is 23.0 Å². The smallest absolute Gasteiger partial charge is 0.268 e. The number of carbonyl (C=O) groups is 1. The minimum atomic E-state index is -3.78. The van der Waals surface area contributed by atoms with Crippen molar-refractivity contribution in [3.8, 4) is 10.4 Å². The van der Waals surface area contributed by atoms with Crippen LogP contribution in [0.25, 0.3) is 10.4 Å². The molecule has 12 nitrogen and oxygen atoms in total. The summed E-state index contributed by atoms with van der Waals surface area (Å²) in [7, 11) is -2.13. The zero-order valence-electron chi connectivity index (χ0n) is 20.2. The van der Waals surface area contributed by atoms with Gasteiger partial charge in [0.05, 0.1) is 12.2 Å². The van der Waals surface area contributed by atoms with Gasteiger partial charge in [0, 0.05) is 30.1 Å². The molecule has 1 aliphatic rings. The number of rotatable bonds is 10. The maximum Gasteiger partial charge on any atom is 0.268 e. The Morgan fingerprint density at radius 3 is 2.42 bits per heavy atom. The van der Waals surface area contributed by atoms with Gasteiger partial charge >= 0.3 is 0 Å². The summed E-state index contributed by atoms with van der Waals surface area (Å²) in [4.78, 5) is 13.4. The number of hydrogen-bond acceptors (Lipinski definition) is 10. The highest BCUT2D eigenvalue weighted by atomic mass is 32.2. The molecule has 0 bridgehead atoms. The van der Waals surface area contributed by atoms with E-state index in [1.54, 1.807) is 65.6 Å². The number of amides is 1. The van der Waals surface area contributed by atoms with Crippen molar-refractivity contribution in [1.29, 1.82) is 5.41 Å². The normalized spacial score (nSPS) is 14.5. The number of hydrazine groups is 2. The van der Waals surface area contributed by atoms with E-state index in [0.29, 0.717) is 11.3 Å². The van der Waals surface area contributed by atoms with Crippen LogP contribution in [0.2, 0.25) is 0 Å². The second kappa shape index (κ2) is 11.7. The summed E-state index contributed by atoms with van der Waals surface area (Å²) in [6.45, 7) is -0.0554. The maximum absolute atomic E-state index is 12.9. The van der Waals surface area contributed by atoms with Crippen molar-refractivity contribution < 1.29 is 23.6 Å². The standard InChI is InChI=1S/C24H27N7O5S2/c1-30-27-19(14-26-38(35,36)22-12-11-21(37-22)17-5-3-2-4-6-17)15-31(30)20(24(32)29-34)13-16-7-9-18(10-8-16)23(25)28-33/h2-12,15,20,26-27,33-34H,13-14H2,1H3,(H2,25,28)(H,29,32)/t20-/m0/s1. The number of thiophene rings is 1. The van der Waals surface area contributed by atoms with Crippen LogP contribution in [0, 0.1) is 5.41 Å². The van der Waals surface area contributed by atoms with Gasteiger partial charge in [-0.3, -0.25) is 31.1 Å². The van der Waals surface area contributed by atoms with Gasteiger partial charge < -0.3 is 5.43 Å². The van der Waals surface area contributed by atoms with Gasteiger partial charge in [0.2, 0.25) is 10.0 Å². The first kappa shape index (κ1) is 27.3. The molecule has 0 saturated carbocycles. The molecule has 1 amide bonds. The molecule has 7 N–H and O–H groups in total. The molecule has 0 saturated heterocycles. The Hall–Kier alpha value is -3.79. The topological polar surface area (TPSA) is 170 Å². The summed E-state index contributed by atoms with van der Waals surface area (Å²) in [6.07, 6.45) is 1.78. The number of hydrogen-bond donors (Lipinski definition) is 7. The zero-order valence-corrected chi connectivity index (χ0v) is 21.9. The van der Waals surface area contributed by atoms with Crippen LogP contribution in [0.5, 0.6) is 0 Å². The van der Waals surface area contributed by atoms with Gasteiger partial charge in [-0.15, -0.1) is 16.5 Å². The van der Waals surface area contributed by atoms with Gasteiger partial charge in [0.25, 0.3) is 5.91 Å². The van der Waals surface area contributed by atoms with Crippen LogP contribution in [0.15, 0.2) is 82.8 Å². The molecule has 3 aromatic rings. The minimum Gasteiger partial charge on any atom is -0.303 e. The van der Waals surface area contributed by atoms with Gasteiger partial charge in [0.1, 0.15) is 16.1 Å². The van der Waals surface area contributed by atoms with Crippen LogP contribution >= 0.6 is 11.3 Å². The molecule has 4 rings (SSSR count). The Morgan fingerprint density at radius 1 is 1.05 bits per heavy atom. The monoisotopic (exact) mass is 557 g/mol. The fourth-order valence-corrected chi connectivity index (χ4v) is 6.23. The Morgan fingerprint density at radius 2 is 1.76 bits per heavy atom. The lowest BCUT2D eigenvalue weighted by molar-refractivity contribution is -0.139. The molecule has 38 heavy (non-hydrogen) atoms. The third kappa shape index (κ3) is 6.19. The molecule has 1 aromatic heterocycles. The first-order chi connectivity index (χ1) is 18.2. The van der Waals surface area contributed by atoms with E-state index in [1.165, 1.54) is 16.5 Å². The van der Waals surface area contributed by atoms with E-state index in [2.05, 4.69) is 10.1 Å². The summed E-state index contributed by atoms with van der Waals surface area (Å²) >= 11 is 1.17. The molecule has 1 aliphatic heterocycles. The Labute approximate surface area is 223 Å². The predicted octanol–water partition coefficient (Wildman–Crippen LogP) is 1.62. The molecule has 1 atom stereocenters. The van der Waals surface area contributed by atoms with Crippen molar-refractivity contribution in [2.45, 2.75) is 16.7 Å². The fraction of sp³-hybridized carbons (Fsp3) is 0.167. The number of hydroxylamine groups is 2. The van der Waals surface area contributed by atoms with Crippen molar-refractivity contribution >= 4 is 33.1 Å². The summed E-state index contributed by atoms with van der Waals surface area (Å²) in [5.74, 6) is -0.837. The summed E-state index contributed by atoms with van der Waals surface area (Å²) in [5.41, 5.74) is 9.07. The second-order valence-corrected chi connectivity index (χ2v) is 11.4. The number of nitrogens with one attached hydrogen (secondary N) is 5. The molecular weight excluding hydrogens is 530 g/mol. The van der Waals surface area contributed by atoms with Gasteiger partial charge in [-0.1, -0.05) is 54.6 Å². The van der Waals surface area contributed by atoms with Crippen molar-refractivity contribution in [2.75, 3.05) is 13.6 Å². The minimum absolute atomic E-state index is 0.0554. The molecule has 14 heteroatoms. The first-order valence-electron chi connectivity index (χ1n) is 11.4. The molecule has 0 spiro atoms. The Kier molecular flexibility index (Phi) is 8.41. The number of nitrogens with zero attached hydrogens (tertiary/aromatic N) is 2. The molecule has 0 radical (unpaired) electrons. The molecule has 2 heterocycles. The van der Waals surface area contributed by atoms with Crippen LogP contribution in [-0.2, 0) is 21.2 Å².